The molecule has 22 heavy (non-hydrogen) atoms. The number of hydrogen-bond acceptors (Lipinski definition) is 2. The summed E-state index contributed by atoms with van der Waals surface area (Å²) in [4.78, 5) is 15.9. The van der Waals surface area contributed by atoms with E-state index in [-0.39, 0.29) is 11.9 Å². The summed E-state index contributed by atoms with van der Waals surface area (Å²) in [5, 5.41) is 3.04. The molecule has 0 saturated carbocycles. The molecule has 0 saturated heterocycles. The van der Waals surface area contributed by atoms with Crippen molar-refractivity contribution in [2.45, 2.75) is 45.6 Å². The molecule has 1 heterocycles. The fraction of sp³-hybridized carbons (Fsp3) is 0.368. The molecule has 1 aromatic carbocycles. The molecule has 2 rings (SSSR count). The number of amides is 1. The second kappa shape index (κ2) is 8.32. The van der Waals surface area contributed by atoms with E-state index in [1.165, 1.54) is 11.1 Å². The average Bonchev–Trinajstić information content (AvgIpc) is 2.54. The van der Waals surface area contributed by atoms with Crippen LogP contribution in [0.3, 0.4) is 0 Å². The van der Waals surface area contributed by atoms with Crippen LogP contribution in [0.15, 0.2) is 48.8 Å². The van der Waals surface area contributed by atoms with E-state index in [1.54, 1.807) is 12.4 Å². The standard InChI is InChI=1S/C19H24N2O/c1-15-7-9-17(10-8-15)5-3-4-6-19(22)21-16(2)18-11-13-20-14-12-18/h7-14,16H,3-6H2,1-2H3,(H,21,22)/t16-/m0/s1. The topological polar surface area (TPSA) is 42.0 Å². The molecule has 0 aliphatic heterocycles. The van der Waals surface area contributed by atoms with Crippen molar-refractivity contribution in [3.05, 3.63) is 65.5 Å². The van der Waals surface area contributed by atoms with Crippen LogP contribution in [0, 0.1) is 6.92 Å². The van der Waals surface area contributed by atoms with E-state index in [0.717, 1.165) is 24.8 Å². The van der Waals surface area contributed by atoms with Gasteiger partial charge in [-0.05, 0) is 56.4 Å². The molecule has 0 fully saturated rings. The van der Waals surface area contributed by atoms with E-state index in [1.807, 2.05) is 19.1 Å². The highest BCUT2D eigenvalue weighted by Gasteiger charge is 2.08. The highest BCUT2D eigenvalue weighted by atomic mass is 16.1. The fourth-order valence-corrected chi connectivity index (χ4v) is 2.42. The third-order valence-electron chi connectivity index (χ3n) is 3.82. The van der Waals surface area contributed by atoms with E-state index >= 15 is 0 Å². The van der Waals surface area contributed by atoms with Crippen molar-refractivity contribution in [2.75, 3.05) is 0 Å². The van der Waals surface area contributed by atoms with E-state index in [0.29, 0.717) is 6.42 Å². The number of benzene rings is 1. The third kappa shape index (κ3) is 5.32. The number of aromatic nitrogens is 1. The van der Waals surface area contributed by atoms with Crippen molar-refractivity contribution in [3.63, 3.8) is 0 Å². The summed E-state index contributed by atoms with van der Waals surface area (Å²) in [6.07, 6.45) is 7.08. The number of rotatable bonds is 7. The summed E-state index contributed by atoms with van der Waals surface area (Å²) < 4.78 is 0. The maximum absolute atomic E-state index is 12.0. The Kier molecular flexibility index (Phi) is 6.13. The molecule has 3 nitrogen and oxygen atoms in total. The quantitative estimate of drug-likeness (QED) is 0.785. The van der Waals surface area contributed by atoms with Crippen molar-refractivity contribution >= 4 is 5.91 Å². The Bertz CT molecular complexity index is 578. The van der Waals surface area contributed by atoms with E-state index in [9.17, 15) is 4.79 Å². The molecular weight excluding hydrogens is 272 g/mol. The van der Waals surface area contributed by atoms with Crippen molar-refractivity contribution in [1.82, 2.24) is 10.3 Å². The first-order chi connectivity index (χ1) is 10.6. The lowest BCUT2D eigenvalue weighted by atomic mass is 10.1. The largest absolute Gasteiger partial charge is 0.350 e. The molecule has 0 aliphatic rings. The number of aryl methyl sites for hydroxylation is 2. The molecule has 0 aliphatic carbocycles. The Hall–Kier alpha value is -2.16. The van der Waals surface area contributed by atoms with Crippen LogP contribution in [0.1, 0.15) is 48.9 Å². The Labute approximate surface area is 132 Å². The van der Waals surface area contributed by atoms with Gasteiger partial charge in [-0.3, -0.25) is 9.78 Å². The van der Waals surface area contributed by atoms with Gasteiger partial charge in [-0.15, -0.1) is 0 Å². The van der Waals surface area contributed by atoms with Crippen molar-refractivity contribution in [2.24, 2.45) is 0 Å². The van der Waals surface area contributed by atoms with Gasteiger partial charge in [0, 0.05) is 18.8 Å². The van der Waals surface area contributed by atoms with Gasteiger partial charge in [0.15, 0.2) is 0 Å². The van der Waals surface area contributed by atoms with Crippen LogP contribution in [0.2, 0.25) is 0 Å². The van der Waals surface area contributed by atoms with Gasteiger partial charge in [0.2, 0.25) is 5.91 Å². The first-order valence-corrected chi connectivity index (χ1v) is 7.90. The molecular formula is C19H24N2O. The summed E-state index contributed by atoms with van der Waals surface area (Å²) in [6, 6.07) is 12.5. The Morgan fingerprint density at radius 1 is 1.09 bits per heavy atom. The van der Waals surface area contributed by atoms with Gasteiger partial charge in [-0.25, -0.2) is 0 Å². The maximum Gasteiger partial charge on any atom is 0.220 e. The van der Waals surface area contributed by atoms with Crippen LogP contribution in [0.25, 0.3) is 0 Å². The van der Waals surface area contributed by atoms with Crippen molar-refractivity contribution < 1.29 is 4.79 Å². The molecule has 0 bridgehead atoms. The average molecular weight is 296 g/mol. The molecule has 3 heteroatoms. The molecule has 0 spiro atoms. The minimum Gasteiger partial charge on any atom is -0.350 e. The molecule has 1 N–H and O–H groups in total. The van der Waals surface area contributed by atoms with E-state index < -0.39 is 0 Å². The number of nitrogens with zero attached hydrogens (tertiary/aromatic N) is 1. The third-order valence-corrected chi connectivity index (χ3v) is 3.82. The highest BCUT2D eigenvalue weighted by molar-refractivity contribution is 5.76. The molecule has 1 atom stereocenters. The summed E-state index contributed by atoms with van der Waals surface area (Å²) in [5.74, 6) is 0.119. The monoisotopic (exact) mass is 296 g/mol. The summed E-state index contributed by atoms with van der Waals surface area (Å²) in [6.45, 7) is 4.09. The Morgan fingerprint density at radius 2 is 1.77 bits per heavy atom. The Balaban J connectivity index is 1.66. The molecule has 0 radical (unpaired) electrons. The van der Waals surface area contributed by atoms with Crippen LogP contribution in [-0.2, 0) is 11.2 Å². The van der Waals surface area contributed by atoms with Gasteiger partial charge in [-0.1, -0.05) is 29.8 Å². The Morgan fingerprint density at radius 3 is 2.45 bits per heavy atom. The summed E-state index contributed by atoms with van der Waals surface area (Å²) in [7, 11) is 0. The summed E-state index contributed by atoms with van der Waals surface area (Å²) in [5.41, 5.74) is 3.72. The van der Waals surface area contributed by atoms with Gasteiger partial charge in [0.1, 0.15) is 0 Å². The number of unbranched alkanes of at least 4 members (excludes halogenated alkanes) is 1. The molecule has 1 amide bonds. The minimum atomic E-state index is 0.0348. The second-order valence-corrected chi connectivity index (χ2v) is 5.76. The number of carbonyl (C=O) groups excluding carboxylic acids is 1. The smallest absolute Gasteiger partial charge is 0.220 e. The number of pyridine rings is 1. The van der Waals surface area contributed by atoms with Crippen LogP contribution in [0.5, 0.6) is 0 Å². The lowest BCUT2D eigenvalue weighted by Crippen LogP contribution is -2.26. The molecule has 1 aromatic heterocycles. The van der Waals surface area contributed by atoms with E-state index in [2.05, 4.69) is 41.5 Å². The SMILES string of the molecule is Cc1ccc(CCCCC(=O)N[C@@H](C)c2ccncc2)cc1. The first kappa shape index (κ1) is 16.2. The van der Waals surface area contributed by atoms with Crippen LogP contribution in [0.4, 0.5) is 0 Å². The van der Waals surface area contributed by atoms with Gasteiger partial charge >= 0.3 is 0 Å². The van der Waals surface area contributed by atoms with Crippen molar-refractivity contribution in [3.8, 4) is 0 Å². The van der Waals surface area contributed by atoms with Crippen LogP contribution < -0.4 is 5.32 Å². The fourth-order valence-electron chi connectivity index (χ4n) is 2.42. The minimum absolute atomic E-state index is 0.0348. The second-order valence-electron chi connectivity index (χ2n) is 5.76. The van der Waals surface area contributed by atoms with E-state index in [4.69, 9.17) is 0 Å². The number of nitrogens with one attached hydrogen (secondary N) is 1. The number of hydrogen-bond donors (Lipinski definition) is 1. The van der Waals surface area contributed by atoms with Crippen LogP contribution in [-0.4, -0.2) is 10.9 Å². The lowest BCUT2D eigenvalue weighted by Gasteiger charge is -2.14. The molecule has 0 unspecified atom stereocenters. The summed E-state index contributed by atoms with van der Waals surface area (Å²) >= 11 is 0. The molecule has 116 valence electrons. The van der Waals surface area contributed by atoms with Gasteiger partial charge in [0.25, 0.3) is 0 Å². The zero-order chi connectivity index (χ0) is 15.8. The zero-order valence-electron chi connectivity index (χ0n) is 13.4. The van der Waals surface area contributed by atoms with Crippen molar-refractivity contribution in [1.29, 1.82) is 0 Å². The normalized spacial score (nSPS) is 11.9. The van der Waals surface area contributed by atoms with Crippen LogP contribution >= 0.6 is 0 Å². The van der Waals surface area contributed by atoms with Gasteiger partial charge in [0.05, 0.1) is 6.04 Å². The first-order valence-electron chi connectivity index (χ1n) is 7.90. The predicted octanol–water partition coefficient (Wildman–Crippen LogP) is 3.98. The highest BCUT2D eigenvalue weighted by Crippen LogP contribution is 2.12. The van der Waals surface area contributed by atoms with Gasteiger partial charge < -0.3 is 5.32 Å². The number of carbonyl (C=O) groups is 1. The maximum atomic E-state index is 12.0. The zero-order valence-corrected chi connectivity index (χ0v) is 13.4. The van der Waals surface area contributed by atoms with Gasteiger partial charge in [-0.2, -0.15) is 0 Å². The predicted molar refractivity (Wildman–Crippen MR) is 89.5 cm³/mol. The molecule has 2 aromatic rings. The lowest BCUT2D eigenvalue weighted by molar-refractivity contribution is -0.121.